The second-order valence-corrected chi connectivity index (χ2v) is 4.72. The van der Waals surface area contributed by atoms with Crippen LogP contribution in [0.3, 0.4) is 0 Å². The van der Waals surface area contributed by atoms with Crippen LogP contribution in [0.25, 0.3) is 0 Å². The van der Waals surface area contributed by atoms with Gasteiger partial charge in [-0.05, 0) is 25.0 Å². The van der Waals surface area contributed by atoms with Gasteiger partial charge in [-0.25, -0.2) is 0 Å². The predicted octanol–water partition coefficient (Wildman–Crippen LogP) is 2.22. The van der Waals surface area contributed by atoms with Crippen molar-refractivity contribution in [1.82, 2.24) is 0 Å². The minimum absolute atomic E-state index is 0.0982. The fraction of sp³-hybridized carbons (Fsp3) is 0.538. The summed E-state index contributed by atoms with van der Waals surface area (Å²) in [6.07, 6.45) is -3.89. The number of hydrogen-bond donors (Lipinski definition) is 1. The van der Waals surface area contributed by atoms with Gasteiger partial charge in [-0.2, -0.15) is 13.2 Å². The van der Waals surface area contributed by atoms with E-state index in [0.717, 1.165) is 5.56 Å². The zero-order valence-electron chi connectivity index (χ0n) is 11.4. The molecule has 2 rings (SSSR count). The largest absolute Gasteiger partial charge is 0.467 e. The molecule has 0 radical (unpaired) electrons. The highest BCUT2D eigenvalue weighted by molar-refractivity contribution is 5.52. The number of benzene rings is 1. The summed E-state index contributed by atoms with van der Waals surface area (Å²) in [4.78, 5) is 0. The predicted molar refractivity (Wildman–Crippen MR) is 67.4 cm³/mol. The van der Waals surface area contributed by atoms with Crippen LogP contribution in [0.4, 0.5) is 13.2 Å². The topological polar surface area (TPSA) is 62.9 Å². The molecule has 2 N–H and O–H groups in total. The van der Waals surface area contributed by atoms with Crippen molar-refractivity contribution in [3.05, 3.63) is 17.7 Å². The van der Waals surface area contributed by atoms with Crippen LogP contribution in [0, 0.1) is 0 Å². The van der Waals surface area contributed by atoms with Gasteiger partial charge < -0.3 is 24.7 Å². The number of nitrogens with two attached hydrogens (primary N) is 1. The van der Waals surface area contributed by atoms with Gasteiger partial charge in [-0.1, -0.05) is 0 Å². The molecule has 1 aliphatic rings. The van der Waals surface area contributed by atoms with Crippen molar-refractivity contribution < 1.29 is 32.1 Å². The van der Waals surface area contributed by atoms with Crippen LogP contribution in [0.2, 0.25) is 0 Å². The third-order valence-electron chi connectivity index (χ3n) is 2.66. The minimum Gasteiger partial charge on any atom is -0.467 e. The van der Waals surface area contributed by atoms with Crippen LogP contribution in [-0.4, -0.2) is 32.4 Å². The van der Waals surface area contributed by atoms with Gasteiger partial charge in [0.05, 0.1) is 0 Å². The molecule has 0 spiro atoms. The number of alkyl halides is 3. The molecule has 0 saturated carbocycles. The van der Waals surface area contributed by atoms with Gasteiger partial charge in [-0.15, -0.1) is 0 Å². The lowest BCUT2D eigenvalue weighted by molar-refractivity contribution is -0.186. The van der Waals surface area contributed by atoms with Crippen molar-refractivity contribution in [2.45, 2.75) is 25.6 Å². The van der Waals surface area contributed by atoms with E-state index < -0.39 is 19.6 Å². The van der Waals surface area contributed by atoms with E-state index in [-0.39, 0.29) is 12.8 Å². The van der Waals surface area contributed by atoms with Crippen molar-refractivity contribution >= 4 is 0 Å². The van der Waals surface area contributed by atoms with Crippen LogP contribution in [-0.2, 0) is 11.2 Å². The Bertz CT molecular complexity index is 491. The van der Waals surface area contributed by atoms with Gasteiger partial charge in [0.2, 0.25) is 6.79 Å². The van der Waals surface area contributed by atoms with E-state index in [1.54, 1.807) is 12.1 Å². The molecule has 0 aromatic heterocycles. The smallest absolute Gasteiger partial charge is 0.411 e. The van der Waals surface area contributed by atoms with Gasteiger partial charge >= 0.3 is 6.18 Å². The SMILES string of the molecule is CC(N)Cc1cc2c(cc1OCOCC(F)(F)F)OCO2. The zero-order valence-corrected chi connectivity index (χ0v) is 11.4. The van der Waals surface area contributed by atoms with Gasteiger partial charge in [0.25, 0.3) is 0 Å². The van der Waals surface area contributed by atoms with Gasteiger partial charge in [0.1, 0.15) is 12.4 Å². The Labute approximate surface area is 119 Å². The molecule has 0 bridgehead atoms. The molecule has 1 atom stereocenters. The molecule has 5 nitrogen and oxygen atoms in total. The molecule has 1 heterocycles. The first kappa shape index (κ1) is 15.7. The van der Waals surface area contributed by atoms with Crippen molar-refractivity contribution in [2.75, 3.05) is 20.2 Å². The maximum Gasteiger partial charge on any atom is 0.411 e. The Kier molecular flexibility index (Phi) is 4.79. The summed E-state index contributed by atoms with van der Waals surface area (Å²) in [7, 11) is 0. The highest BCUT2D eigenvalue weighted by Crippen LogP contribution is 2.38. The van der Waals surface area contributed by atoms with Gasteiger partial charge in [0.15, 0.2) is 18.3 Å². The first-order valence-corrected chi connectivity index (χ1v) is 6.30. The first-order chi connectivity index (χ1) is 9.85. The molecule has 1 aromatic rings. The Hall–Kier alpha value is -1.67. The van der Waals surface area contributed by atoms with Crippen LogP contribution in [0.5, 0.6) is 17.2 Å². The molecule has 0 amide bonds. The van der Waals surface area contributed by atoms with E-state index in [4.69, 9.17) is 19.9 Å². The number of rotatable bonds is 6. The van der Waals surface area contributed by atoms with Crippen molar-refractivity contribution in [1.29, 1.82) is 0 Å². The normalized spacial score (nSPS) is 15.1. The molecule has 1 aliphatic heterocycles. The molecular formula is C13H16F3NO4. The summed E-state index contributed by atoms with van der Waals surface area (Å²) in [5, 5.41) is 0. The second kappa shape index (κ2) is 6.40. The summed E-state index contributed by atoms with van der Waals surface area (Å²) in [5.74, 6) is 1.42. The Morgan fingerprint density at radius 3 is 2.57 bits per heavy atom. The Balaban J connectivity index is 2.02. The molecule has 21 heavy (non-hydrogen) atoms. The van der Waals surface area contributed by atoms with Crippen LogP contribution >= 0.6 is 0 Å². The minimum atomic E-state index is -4.38. The van der Waals surface area contributed by atoms with Crippen LogP contribution < -0.4 is 19.9 Å². The molecule has 0 saturated heterocycles. The monoisotopic (exact) mass is 307 g/mol. The first-order valence-electron chi connectivity index (χ1n) is 6.30. The molecule has 1 unspecified atom stereocenters. The Morgan fingerprint density at radius 2 is 1.95 bits per heavy atom. The molecule has 1 aromatic carbocycles. The number of fused-ring (bicyclic) bond motifs is 1. The van der Waals surface area contributed by atoms with E-state index in [1.807, 2.05) is 6.92 Å². The maximum absolute atomic E-state index is 12.0. The molecule has 0 aliphatic carbocycles. The third kappa shape index (κ3) is 4.68. The fourth-order valence-electron chi connectivity index (χ4n) is 1.87. The van der Waals surface area contributed by atoms with Gasteiger partial charge in [-0.3, -0.25) is 0 Å². The highest BCUT2D eigenvalue weighted by Gasteiger charge is 2.27. The number of halogens is 3. The quantitative estimate of drug-likeness (QED) is 0.645. The summed E-state index contributed by atoms with van der Waals surface area (Å²) in [6, 6.07) is 3.14. The van der Waals surface area contributed by atoms with E-state index >= 15 is 0 Å². The van der Waals surface area contributed by atoms with Crippen LogP contribution in [0.15, 0.2) is 12.1 Å². The van der Waals surface area contributed by atoms with Crippen LogP contribution in [0.1, 0.15) is 12.5 Å². The standard InChI is InChI=1S/C13H16F3NO4/c1-8(17)2-9-3-11-12(21-7-20-11)4-10(9)19-6-18-5-13(14,15)16/h3-4,8H,2,5-7,17H2,1H3. The molecule has 0 fully saturated rings. The third-order valence-corrected chi connectivity index (χ3v) is 2.66. The summed E-state index contributed by atoms with van der Waals surface area (Å²) >= 11 is 0. The average molecular weight is 307 g/mol. The van der Waals surface area contributed by atoms with Crippen molar-refractivity contribution in [3.63, 3.8) is 0 Å². The summed E-state index contributed by atoms with van der Waals surface area (Å²) in [6.45, 7) is 0.0424. The fourth-order valence-corrected chi connectivity index (χ4v) is 1.87. The van der Waals surface area contributed by atoms with Crippen molar-refractivity contribution in [3.8, 4) is 17.2 Å². The number of ether oxygens (including phenoxy) is 4. The molecule has 118 valence electrons. The highest BCUT2D eigenvalue weighted by atomic mass is 19.4. The van der Waals surface area contributed by atoms with E-state index in [0.29, 0.717) is 23.7 Å². The maximum atomic E-state index is 12.0. The lowest BCUT2D eigenvalue weighted by Gasteiger charge is -2.14. The average Bonchev–Trinajstić information content (AvgIpc) is 2.79. The molecule has 8 heteroatoms. The Morgan fingerprint density at radius 1 is 1.29 bits per heavy atom. The lowest BCUT2D eigenvalue weighted by atomic mass is 10.1. The van der Waals surface area contributed by atoms with E-state index in [9.17, 15) is 13.2 Å². The second-order valence-electron chi connectivity index (χ2n) is 4.72. The zero-order chi connectivity index (χ0) is 15.5. The van der Waals surface area contributed by atoms with E-state index in [2.05, 4.69) is 4.74 Å². The molecular weight excluding hydrogens is 291 g/mol. The lowest BCUT2D eigenvalue weighted by Crippen LogP contribution is -2.20. The number of hydrogen-bond acceptors (Lipinski definition) is 5. The van der Waals surface area contributed by atoms with Crippen molar-refractivity contribution in [2.24, 2.45) is 5.73 Å². The summed E-state index contributed by atoms with van der Waals surface area (Å²) < 4.78 is 56.1. The summed E-state index contributed by atoms with van der Waals surface area (Å²) in [5.41, 5.74) is 6.47. The van der Waals surface area contributed by atoms with Gasteiger partial charge in [0, 0.05) is 12.1 Å². The van der Waals surface area contributed by atoms with E-state index in [1.165, 1.54) is 0 Å².